The molecule has 0 spiro atoms. The highest BCUT2D eigenvalue weighted by Crippen LogP contribution is 2.20. The van der Waals surface area contributed by atoms with Crippen molar-refractivity contribution >= 4 is 6.03 Å². The molecule has 1 aliphatic heterocycles. The highest BCUT2D eigenvalue weighted by atomic mass is 16.2. The van der Waals surface area contributed by atoms with E-state index in [9.17, 15) is 4.79 Å². The molecular formula is C12H23N3O. The lowest BCUT2D eigenvalue weighted by molar-refractivity contribution is 0.158. The second kappa shape index (κ2) is 5.53. The van der Waals surface area contributed by atoms with Crippen LogP contribution >= 0.6 is 0 Å². The van der Waals surface area contributed by atoms with E-state index in [0.717, 1.165) is 51.7 Å². The maximum Gasteiger partial charge on any atom is 0.317 e. The van der Waals surface area contributed by atoms with Crippen molar-refractivity contribution in [1.82, 2.24) is 15.5 Å². The number of nitrogens with one attached hydrogen (secondary N) is 2. The first-order valence-electron chi connectivity index (χ1n) is 6.59. The molecule has 2 aliphatic rings. The number of carbonyl (C=O) groups excluding carboxylic acids is 1. The molecule has 1 saturated heterocycles. The lowest BCUT2D eigenvalue weighted by atomic mass is 10.0. The second-order valence-electron chi connectivity index (χ2n) is 4.90. The lowest BCUT2D eigenvalue weighted by Crippen LogP contribution is -2.50. The minimum absolute atomic E-state index is 0.163. The number of rotatable bonds is 4. The van der Waals surface area contributed by atoms with Gasteiger partial charge in [0.15, 0.2) is 0 Å². The zero-order chi connectivity index (χ0) is 11.4. The Morgan fingerprint density at radius 1 is 1.31 bits per heavy atom. The van der Waals surface area contributed by atoms with Crippen molar-refractivity contribution in [2.24, 2.45) is 0 Å². The van der Waals surface area contributed by atoms with Crippen LogP contribution in [-0.4, -0.2) is 42.6 Å². The van der Waals surface area contributed by atoms with Crippen LogP contribution in [-0.2, 0) is 0 Å². The molecule has 0 aromatic heterocycles. The summed E-state index contributed by atoms with van der Waals surface area (Å²) >= 11 is 0. The van der Waals surface area contributed by atoms with Gasteiger partial charge in [-0.25, -0.2) is 4.79 Å². The van der Waals surface area contributed by atoms with Gasteiger partial charge in [-0.3, -0.25) is 0 Å². The Morgan fingerprint density at radius 2 is 2.00 bits per heavy atom. The van der Waals surface area contributed by atoms with Crippen LogP contribution in [0.1, 0.15) is 39.0 Å². The Kier molecular flexibility index (Phi) is 4.04. The molecule has 0 radical (unpaired) electrons. The highest BCUT2D eigenvalue weighted by molar-refractivity contribution is 5.75. The van der Waals surface area contributed by atoms with Crippen molar-refractivity contribution in [3.8, 4) is 0 Å². The van der Waals surface area contributed by atoms with Gasteiger partial charge in [0.25, 0.3) is 0 Å². The van der Waals surface area contributed by atoms with E-state index in [1.807, 2.05) is 0 Å². The van der Waals surface area contributed by atoms with Crippen molar-refractivity contribution in [3.63, 3.8) is 0 Å². The third-order valence-corrected chi connectivity index (χ3v) is 3.38. The summed E-state index contributed by atoms with van der Waals surface area (Å²) in [6.45, 7) is 5.12. The number of urea groups is 1. The summed E-state index contributed by atoms with van der Waals surface area (Å²) in [5, 5.41) is 6.45. The summed E-state index contributed by atoms with van der Waals surface area (Å²) < 4.78 is 0. The smallest absolute Gasteiger partial charge is 0.317 e. The summed E-state index contributed by atoms with van der Waals surface area (Å²) in [7, 11) is 0. The van der Waals surface area contributed by atoms with E-state index in [4.69, 9.17) is 0 Å². The molecule has 2 amide bonds. The van der Waals surface area contributed by atoms with Crippen molar-refractivity contribution in [2.75, 3.05) is 19.6 Å². The van der Waals surface area contributed by atoms with Crippen molar-refractivity contribution in [2.45, 2.75) is 51.1 Å². The fourth-order valence-corrected chi connectivity index (χ4v) is 2.29. The number of carbonyl (C=O) groups is 1. The first kappa shape index (κ1) is 11.7. The van der Waals surface area contributed by atoms with Gasteiger partial charge >= 0.3 is 6.03 Å². The second-order valence-corrected chi connectivity index (χ2v) is 4.90. The SMILES string of the molecule is CCCN(C(=O)NC1CC1)C1CCNCC1. The molecule has 0 aromatic rings. The standard InChI is InChI=1S/C12H23N3O/c1-2-9-15(11-5-7-13-8-6-11)12(16)14-10-3-4-10/h10-11,13H,2-9H2,1H3,(H,14,16). The van der Waals surface area contributed by atoms with Gasteiger partial charge in [0.05, 0.1) is 0 Å². The Bertz CT molecular complexity index is 234. The van der Waals surface area contributed by atoms with Crippen LogP contribution < -0.4 is 10.6 Å². The van der Waals surface area contributed by atoms with Crippen molar-refractivity contribution in [1.29, 1.82) is 0 Å². The van der Waals surface area contributed by atoms with Gasteiger partial charge in [0, 0.05) is 18.6 Å². The number of amides is 2. The molecule has 16 heavy (non-hydrogen) atoms. The number of nitrogens with zero attached hydrogens (tertiary/aromatic N) is 1. The van der Waals surface area contributed by atoms with Gasteiger partial charge in [0.2, 0.25) is 0 Å². The Labute approximate surface area is 97.8 Å². The summed E-state index contributed by atoms with van der Waals surface area (Å²) in [6, 6.07) is 1.07. The van der Waals surface area contributed by atoms with Gasteiger partial charge in [-0.1, -0.05) is 6.92 Å². The van der Waals surface area contributed by atoms with Crippen LogP contribution in [0, 0.1) is 0 Å². The Balaban J connectivity index is 1.88. The van der Waals surface area contributed by atoms with Gasteiger partial charge in [-0.05, 0) is 45.2 Å². The minimum atomic E-state index is 0.163. The lowest BCUT2D eigenvalue weighted by Gasteiger charge is -2.34. The molecule has 2 N–H and O–H groups in total. The molecule has 1 heterocycles. The Hall–Kier alpha value is -0.770. The first-order valence-corrected chi connectivity index (χ1v) is 6.59. The number of hydrogen-bond acceptors (Lipinski definition) is 2. The zero-order valence-electron chi connectivity index (χ0n) is 10.2. The van der Waals surface area contributed by atoms with Gasteiger partial charge in [0.1, 0.15) is 0 Å². The summed E-state index contributed by atoms with van der Waals surface area (Å²) in [5.41, 5.74) is 0. The van der Waals surface area contributed by atoms with E-state index >= 15 is 0 Å². The molecule has 1 aliphatic carbocycles. The Morgan fingerprint density at radius 3 is 2.56 bits per heavy atom. The third-order valence-electron chi connectivity index (χ3n) is 3.38. The van der Waals surface area contributed by atoms with E-state index < -0.39 is 0 Å². The quantitative estimate of drug-likeness (QED) is 0.758. The van der Waals surface area contributed by atoms with Crippen LogP contribution in [0.15, 0.2) is 0 Å². The average molecular weight is 225 g/mol. The topological polar surface area (TPSA) is 44.4 Å². The van der Waals surface area contributed by atoms with Gasteiger partial charge in [-0.15, -0.1) is 0 Å². The van der Waals surface area contributed by atoms with Gasteiger partial charge < -0.3 is 15.5 Å². The predicted octanol–water partition coefficient (Wildman–Crippen LogP) is 1.32. The van der Waals surface area contributed by atoms with Crippen LogP contribution in [0.25, 0.3) is 0 Å². The largest absolute Gasteiger partial charge is 0.335 e. The number of hydrogen-bond donors (Lipinski definition) is 2. The van der Waals surface area contributed by atoms with Crippen LogP contribution in [0.4, 0.5) is 4.79 Å². The van der Waals surface area contributed by atoms with E-state index in [1.54, 1.807) is 0 Å². The molecule has 2 rings (SSSR count). The molecule has 0 bridgehead atoms. The summed E-state index contributed by atoms with van der Waals surface area (Å²) in [6.07, 6.45) is 5.56. The average Bonchev–Trinajstić information content (AvgIpc) is 3.11. The maximum absolute atomic E-state index is 12.1. The molecule has 0 unspecified atom stereocenters. The monoisotopic (exact) mass is 225 g/mol. The van der Waals surface area contributed by atoms with E-state index in [1.165, 1.54) is 0 Å². The fourth-order valence-electron chi connectivity index (χ4n) is 2.29. The molecule has 4 nitrogen and oxygen atoms in total. The molecular weight excluding hydrogens is 202 g/mol. The van der Waals surface area contributed by atoms with Crippen LogP contribution in [0.2, 0.25) is 0 Å². The predicted molar refractivity (Wildman–Crippen MR) is 64.4 cm³/mol. The fraction of sp³-hybridized carbons (Fsp3) is 0.917. The van der Waals surface area contributed by atoms with E-state index in [-0.39, 0.29) is 6.03 Å². The maximum atomic E-state index is 12.1. The van der Waals surface area contributed by atoms with E-state index in [2.05, 4.69) is 22.5 Å². The molecule has 0 atom stereocenters. The molecule has 1 saturated carbocycles. The van der Waals surface area contributed by atoms with Crippen molar-refractivity contribution < 1.29 is 4.79 Å². The van der Waals surface area contributed by atoms with Crippen LogP contribution in [0.3, 0.4) is 0 Å². The molecule has 0 aromatic carbocycles. The highest BCUT2D eigenvalue weighted by Gasteiger charge is 2.29. The van der Waals surface area contributed by atoms with Crippen molar-refractivity contribution in [3.05, 3.63) is 0 Å². The first-order chi connectivity index (χ1) is 7.81. The molecule has 4 heteroatoms. The van der Waals surface area contributed by atoms with E-state index in [0.29, 0.717) is 12.1 Å². The molecule has 2 fully saturated rings. The molecule has 92 valence electrons. The normalized spacial score (nSPS) is 21.8. The zero-order valence-corrected chi connectivity index (χ0v) is 10.2. The summed E-state index contributed by atoms with van der Waals surface area (Å²) in [4.78, 5) is 14.1. The minimum Gasteiger partial charge on any atom is -0.335 e. The van der Waals surface area contributed by atoms with Crippen LogP contribution in [0.5, 0.6) is 0 Å². The van der Waals surface area contributed by atoms with Gasteiger partial charge in [-0.2, -0.15) is 0 Å². The summed E-state index contributed by atoms with van der Waals surface area (Å²) in [5.74, 6) is 0. The number of piperidine rings is 1. The third kappa shape index (κ3) is 3.11.